The summed E-state index contributed by atoms with van der Waals surface area (Å²) in [7, 11) is -0.980. The smallest absolute Gasteiger partial charge is 0.244 e. The summed E-state index contributed by atoms with van der Waals surface area (Å²) in [5.41, 5.74) is 0.868. The molecular formula is C26H36ClN3O6S. The molecule has 2 unspecified atom stereocenters. The van der Waals surface area contributed by atoms with Gasteiger partial charge in [0.2, 0.25) is 21.8 Å². The second-order valence-electron chi connectivity index (χ2n) is 8.66. The van der Waals surface area contributed by atoms with Crippen molar-refractivity contribution in [3.63, 3.8) is 0 Å². The Bertz CT molecular complexity index is 1190. The third kappa shape index (κ3) is 8.00. The summed E-state index contributed by atoms with van der Waals surface area (Å²) in [5.74, 6) is -0.131. The zero-order valence-corrected chi connectivity index (χ0v) is 23.7. The first-order valence-electron chi connectivity index (χ1n) is 12.0. The van der Waals surface area contributed by atoms with E-state index in [9.17, 15) is 18.0 Å². The van der Waals surface area contributed by atoms with Gasteiger partial charge in [-0.1, -0.05) is 43.6 Å². The van der Waals surface area contributed by atoms with Gasteiger partial charge in [0.15, 0.2) is 11.5 Å². The molecule has 37 heavy (non-hydrogen) atoms. The molecule has 0 aliphatic rings. The van der Waals surface area contributed by atoms with Crippen LogP contribution in [0.5, 0.6) is 11.5 Å². The molecule has 204 valence electrons. The van der Waals surface area contributed by atoms with E-state index in [0.29, 0.717) is 28.5 Å². The normalized spacial score (nSPS) is 12.8. The quantitative estimate of drug-likeness (QED) is 0.404. The van der Waals surface area contributed by atoms with Crippen LogP contribution in [0.15, 0.2) is 42.5 Å². The number of carbonyl (C=O) groups is 2. The predicted octanol–water partition coefficient (Wildman–Crippen LogP) is 3.85. The first kappa shape index (κ1) is 30.2. The van der Waals surface area contributed by atoms with E-state index in [0.717, 1.165) is 17.0 Å². The Labute approximate surface area is 224 Å². The third-order valence-corrected chi connectivity index (χ3v) is 7.53. The van der Waals surface area contributed by atoms with Gasteiger partial charge in [-0.15, -0.1) is 0 Å². The van der Waals surface area contributed by atoms with Gasteiger partial charge in [-0.25, -0.2) is 8.42 Å². The van der Waals surface area contributed by atoms with Crippen LogP contribution in [0.3, 0.4) is 0 Å². The summed E-state index contributed by atoms with van der Waals surface area (Å²) >= 11 is 6.37. The van der Waals surface area contributed by atoms with Crippen LogP contribution in [0.1, 0.15) is 39.2 Å². The number of nitrogens with one attached hydrogen (secondary N) is 1. The van der Waals surface area contributed by atoms with E-state index in [4.69, 9.17) is 21.1 Å². The van der Waals surface area contributed by atoms with Crippen LogP contribution in [0.4, 0.5) is 5.69 Å². The van der Waals surface area contributed by atoms with E-state index in [-0.39, 0.29) is 24.2 Å². The number of hydrogen-bond donors (Lipinski definition) is 1. The molecule has 2 aromatic carbocycles. The SMILES string of the molecule is CCC(C)NC(=O)C(CC)N(Cc1ccccc1Cl)C(=O)CN(c1ccc(OC)c(OC)c1)S(C)(=O)=O. The molecule has 0 aromatic heterocycles. The molecular weight excluding hydrogens is 518 g/mol. The predicted molar refractivity (Wildman–Crippen MR) is 146 cm³/mol. The van der Waals surface area contributed by atoms with Crippen molar-refractivity contribution in [2.75, 3.05) is 31.3 Å². The molecule has 0 spiro atoms. The van der Waals surface area contributed by atoms with Crippen LogP contribution in [0.2, 0.25) is 5.02 Å². The molecule has 2 amide bonds. The summed E-state index contributed by atoms with van der Waals surface area (Å²) in [4.78, 5) is 28.3. The Kier molecular flexibility index (Phi) is 11.1. The number of benzene rings is 2. The van der Waals surface area contributed by atoms with Gasteiger partial charge in [-0.2, -0.15) is 0 Å². The van der Waals surface area contributed by atoms with Gasteiger partial charge in [0.1, 0.15) is 12.6 Å². The number of hydrogen-bond acceptors (Lipinski definition) is 6. The van der Waals surface area contributed by atoms with Gasteiger partial charge in [0, 0.05) is 23.7 Å². The highest BCUT2D eigenvalue weighted by Crippen LogP contribution is 2.32. The molecule has 0 aliphatic carbocycles. The van der Waals surface area contributed by atoms with Crippen molar-refractivity contribution in [3.05, 3.63) is 53.1 Å². The van der Waals surface area contributed by atoms with E-state index >= 15 is 0 Å². The van der Waals surface area contributed by atoms with Crippen molar-refractivity contribution in [1.82, 2.24) is 10.2 Å². The lowest BCUT2D eigenvalue weighted by Gasteiger charge is -2.33. The molecule has 0 aliphatic heterocycles. The first-order valence-corrected chi connectivity index (χ1v) is 14.2. The van der Waals surface area contributed by atoms with Crippen LogP contribution in [0.25, 0.3) is 0 Å². The maximum Gasteiger partial charge on any atom is 0.244 e. The van der Waals surface area contributed by atoms with Gasteiger partial charge < -0.3 is 19.7 Å². The highest BCUT2D eigenvalue weighted by Gasteiger charge is 2.32. The topological polar surface area (TPSA) is 105 Å². The largest absolute Gasteiger partial charge is 0.493 e. The maximum absolute atomic E-state index is 13.8. The van der Waals surface area contributed by atoms with Crippen molar-refractivity contribution >= 4 is 39.1 Å². The average Bonchev–Trinajstić information content (AvgIpc) is 2.86. The zero-order chi connectivity index (χ0) is 27.8. The van der Waals surface area contributed by atoms with E-state index in [1.165, 1.54) is 31.3 Å². The van der Waals surface area contributed by atoms with Crippen LogP contribution in [-0.4, -0.2) is 64.2 Å². The van der Waals surface area contributed by atoms with Crippen molar-refractivity contribution in [2.45, 2.75) is 52.2 Å². The fourth-order valence-electron chi connectivity index (χ4n) is 3.76. The van der Waals surface area contributed by atoms with Gasteiger partial charge in [-0.05, 0) is 43.5 Å². The number of carbonyl (C=O) groups excluding carboxylic acids is 2. The van der Waals surface area contributed by atoms with Crippen molar-refractivity contribution in [1.29, 1.82) is 0 Å². The first-order chi connectivity index (χ1) is 17.5. The fourth-order valence-corrected chi connectivity index (χ4v) is 4.80. The number of nitrogens with zero attached hydrogens (tertiary/aromatic N) is 2. The third-order valence-electron chi connectivity index (χ3n) is 6.02. The molecule has 0 fully saturated rings. The van der Waals surface area contributed by atoms with E-state index < -0.39 is 28.5 Å². The average molecular weight is 554 g/mol. The maximum atomic E-state index is 13.8. The molecule has 1 N–H and O–H groups in total. The lowest BCUT2D eigenvalue weighted by molar-refractivity contribution is -0.140. The highest BCUT2D eigenvalue weighted by atomic mass is 35.5. The number of methoxy groups -OCH3 is 2. The number of ether oxygens (including phenoxy) is 2. The Morgan fingerprint density at radius 2 is 1.68 bits per heavy atom. The van der Waals surface area contributed by atoms with Crippen molar-refractivity contribution in [2.24, 2.45) is 0 Å². The summed E-state index contributed by atoms with van der Waals surface area (Å²) < 4.78 is 37.1. The molecule has 0 saturated heterocycles. The van der Waals surface area contributed by atoms with Crippen molar-refractivity contribution < 1.29 is 27.5 Å². The summed E-state index contributed by atoms with van der Waals surface area (Å²) in [6, 6.07) is 10.7. The molecule has 2 atom stereocenters. The standard InChI is InChI=1S/C26H36ClN3O6S/c1-7-18(3)28-26(32)22(8-2)29(16-19-11-9-10-12-21(19)27)25(31)17-30(37(6,33)34)20-13-14-23(35-4)24(15-20)36-5/h9-15,18,22H,7-8,16-17H2,1-6H3,(H,28,32). The molecule has 9 nitrogen and oxygen atoms in total. The van der Waals surface area contributed by atoms with E-state index in [2.05, 4.69) is 5.32 Å². The molecule has 0 bridgehead atoms. The van der Waals surface area contributed by atoms with Crippen molar-refractivity contribution in [3.8, 4) is 11.5 Å². The van der Waals surface area contributed by atoms with E-state index in [1.807, 2.05) is 13.8 Å². The Hall–Kier alpha value is -2.98. The lowest BCUT2D eigenvalue weighted by atomic mass is 10.1. The summed E-state index contributed by atoms with van der Waals surface area (Å²) in [6.07, 6.45) is 2.07. The number of anilines is 1. The number of halogens is 1. The van der Waals surface area contributed by atoms with Crippen LogP contribution in [-0.2, 0) is 26.2 Å². The summed E-state index contributed by atoms with van der Waals surface area (Å²) in [6.45, 7) is 5.15. The second-order valence-corrected chi connectivity index (χ2v) is 11.0. The Balaban J connectivity index is 2.50. The van der Waals surface area contributed by atoms with Crippen LogP contribution < -0.4 is 19.1 Å². The molecule has 0 saturated carbocycles. The monoisotopic (exact) mass is 553 g/mol. The summed E-state index contributed by atoms with van der Waals surface area (Å²) in [5, 5.41) is 3.37. The molecule has 11 heteroatoms. The number of sulfonamides is 1. The second kappa shape index (κ2) is 13.5. The minimum Gasteiger partial charge on any atom is -0.493 e. The molecule has 0 heterocycles. The van der Waals surface area contributed by atoms with Gasteiger partial charge in [-0.3, -0.25) is 13.9 Å². The van der Waals surface area contributed by atoms with Gasteiger partial charge in [0.05, 0.1) is 26.2 Å². The highest BCUT2D eigenvalue weighted by molar-refractivity contribution is 7.92. The van der Waals surface area contributed by atoms with Gasteiger partial charge in [0.25, 0.3) is 0 Å². The molecule has 0 radical (unpaired) electrons. The Morgan fingerprint density at radius 1 is 1.03 bits per heavy atom. The zero-order valence-electron chi connectivity index (χ0n) is 22.2. The minimum absolute atomic E-state index is 0.0362. The lowest BCUT2D eigenvalue weighted by Crippen LogP contribution is -2.53. The number of rotatable bonds is 13. The molecule has 2 rings (SSSR count). The fraction of sp³-hybridized carbons (Fsp3) is 0.462. The number of amides is 2. The van der Waals surface area contributed by atoms with Crippen LogP contribution in [0, 0.1) is 0 Å². The Morgan fingerprint density at radius 3 is 2.22 bits per heavy atom. The molecule has 2 aromatic rings. The van der Waals surface area contributed by atoms with Gasteiger partial charge >= 0.3 is 0 Å². The van der Waals surface area contributed by atoms with Crippen LogP contribution >= 0.6 is 11.6 Å². The minimum atomic E-state index is -3.88. The van der Waals surface area contributed by atoms with E-state index in [1.54, 1.807) is 37.3 Å².